The quantitative estimate of drug-likeness (QED) is 0.151. The van der Waals surface area contributed by atoms with E-state index in [9.17, 15) is 35.9 Å². The van der Waals surface area contributed by atoms with E-state index in [0.29, 0.717) is 18.4 Å². The first-order chi connectivity index (χ1) is 23.6. The van der Waals surface area contributed by atoms with Crippen molar-refractivity contribution < 1.29 is 54.7 Å². The fourth-order valence-corrected chi connectivity index (χ4v) is 4.82. The largest absolute Gasteiger partial charge is 0.489 e. The summed E-state index contributed by atoms with van der Waals surface area (Å²) in [5.41, 5.74) is -3.34. The van der Waals surface area contributed by atoms with E-state index in [2.05, 4.69) is 20.4 Å². The zero-order chi connectivity index (χ0) is 37.8. The lowest BCUT2D eigenvalue weighted by molar-refractivity contribution is -0.139. The number of hydrogen-bond donors (Lipinski definition) is 1. The highest BCUT2D eigenvalue weighted by molar-refractivity contribution is 5.99. The van der Waals surface area contributed by atoms with E-state index in [1.165, 1.54) is 35.3 Å². The van der Waals surface area contributed by atoms with Crippen LogP contribution in [-0.4, -0.2) is 57.5 Å². The third kappa shape index (κ3) is 11.2. The molecule has 11 nitrogen and oxygen atoms in total. The number of aliphatic imine (C=N–C) groups is 1. The van der Waals surface area contributed by atoms with Crippen molar-refractivity contribution in [2.75, 3.05) is 13.2 Å². The molecule has 0 aliphatic carbocycles. The van der Waals surface area contributed by atoms with E-state index in [0.717, 1.165) is 24.3 Å². The van der Waals surface area contributed by atoms with Crippen molar-refractivity contribution >= 4 is 24.2 Å². The van der Waals surface area contributed by atoms with Crippen LogP contribution >= 0.6 is 0 Å². The SMILES string of the molecule is CC(C)(C)OC(=O)N=C(NC(=O)OC(C)(C)C)N1CCC[C@H]1c1nc(-c2ccc(OC/C=C/c3ccc(C(F)(F)F)cc3)c(C(F)(F)F)c2)no1. The van der Waals surface area contributed by atoms with Gasteiger partial charge in [-0.25, -0.2) is 9.59 Å². The molecule has 1 fully saturated rings. The van der Waals surface area contributed by atoms with E-state index in [4.69, 9.17) is 18.7 Å². The summed E-state index contributed by atoms with van der Waals surface area (Å²) in [6.07, 6.45) is -7.46. The first-order valence-corrected chi connectivity index (χ1v) is 15.7. The molecular weight excluding hydrogens is 688 g/mol. The van der Waals surface area contributed by atoms with Crippen LogP contribution in [0.15, 0.2) is 58.1 Å². The van der Waals surface area contributed by atoms with Gasteiger partial charge in [-0.2, -0.15) is 31.3 Å². The molecule has 276 valence electrons. The van der Waals surface area contributed by atoms with Crippen LogP contribution in [0.5, 0.6) is 5.75 Å². The monoisotopic (exact) mass is 725 g/mol. The molecule has 0 unspecified atom stereocenters. The zero-order valence-corrected chi connectivity index (χ0v) is 28.6. The summed E-state index contributed by atoms with van der Waals surface area (Å²) in [4.78, 5) is 35.1. The van der Waals surface area contributed by atoms with Gasteiger partial charge in [0.05, 0.1) is 11.1 Å². The van der Waals surface area contributed by atoms with Gasteiger partial charge in [-0.05, 0) is 96.4 Å². The predicted molar refractivity (Wildman–Crippen MR) is 172 cm³/mol. The predicted octanol–water partition coefficient (Wildman–Crippen LogP) is 8.82. The second kappa shape index (κ2) is 15.0. The topological polar surface area (TPSA) is 128 Å². The Morgan fingerprint density at radius 2 is 1.63 bits per heavy atom. The lowest BCUT2D eigenvalue weighted by Gasteiger charge is -2.27. The Morgan fingerprint density at radius 1 is 0.961 bits per heavy atom. The van der Waals surface area contributed by atoms with Gasteiger partial charge >= 0.3 is 24.5 Å². The second-order valence-corrected chi connectivity index (χ2v) is 13.4. The van der Waals surface area contributed by atoms with Crippen LogP contribution in [0.4, 0.5) is 35.9 Å². The number of ether oxygens (including phenoxy) is 3. The molecule has 17 heteroatoms. The van der Waals surface area contributed by atoms with Crippen molar-refractivity contribution in [3.05, 3.63) is 71.1 Å². The maximum atomic E-state index is 14.1. The normalized spacial score (nSPS) is 16.0. The maximum absolute atomic E-state index is 14.1. The molecule has 0 saturated carbocycles. The van der Waals surface area contributed by atoms with E-state index >= 15 is 0 Å². The van der Waals surface area contributed by atoms with Crippen LogP contribution in [0.1, 0.15) is 83.0 Å². The minimum Gasteiger partial charge on any atom is -0.489 e. The molecule has 1 aliphatic rings. The summed E-state index contributed by atoms with van der Waals surface area (Å²) in [6.45, 7) is 9.89. The zero-order valence-electron chi connectivity index (χ0n) is 28.6. The second-order valence-electron chi connectivity index (χ2n) is 13.4. The van der Waals surface area contributed by atoms with Crippen molar-refractivity contribution in [3.8, 4) is 17.1 Å². The Morgan fingerprint density at radius 3 is 2.24 bits per heavy atom. The number of hydrogen-bond acceptors (Lipinski definition) is 8. The number of nitrogens with zero attached hydrogens (tertiary/aromatic N) is 4. The number of alkyl halides is 6. The van der Waals surface area contributed by atoms with Crippen LogP contribution in [0.3, 0.4) is 0 Å². The summed E-state index contributed by atoms with van der Waals surface area (Å²) >= 11 is 0. The molecule has 1 saturated heterocycles. The minimum atomic E-state index is -4.84. The van der Waals surface area contributed by atoms with Gasteiger partial charge in [-0.3, -0.25) is 5.32 Å². The van der Waals surface area contributed by atoms with Crippen LogP contribution < -0.4 is 10.1 Å². The maximum Gasteiger partial charge on any atom is 0.437 e. The molecule has 0 bridgehead atoms. The van der Waals surface area contributed by atoms with E-state index in [1.807, 2.05) is 0 Å². The van der Waals surface area contributed by atoms with Crippen LogP contribution in [0.2, 0.25) is 0 Å². The molecular formula is C34H37F6N5O6. The van der Waals surface area contributed by atoms with Crippen LogP contribution in [0, 0.1) is 0 Å². The highest BCUT2D eigenvalue weighted by atomic mass is 19.4. The molecule has 1 atom stereocenters. The summed E-state index contributed by atoms with van der Waals surface area (Å²) in [5, 5.41) is 6.36. The van der Waals surface area contributed by atoms with E-state index in [1.54, 1.807) is 41.5 Å². The van der Waals surface area contributed by atoms with Gasteiger partial charge in [0.1, 0.15) is 29.6 Å². The smallest absolute Gasteiger partial charge is 0.437 e. The third-order valence-corrected chi connectivity index (χ3v) is 6.88. The number of alkyl carbamates (subject to hydrolysis) is 1. The fraction of sp³-hybridized carbons (Fsp3) is 0.441. The number of carbonyl (C=O) groups is 2. The van der Waals surface area contributed by atoms with Crippen molar-refractivity contribution in [1.82, 2.24) is 20.4 Å². The fourth-order valence-electron chi connectivity index (χ4n) is 4.82. The Hall–Kier alpha value is -5.09. The number of guanidine groups is 1. The molecule has 1 aliphatic heterocycles. The summed E-state index contributed by atoms with van der Waals surface area (Å²) < 4.78 is 102. The summed E-state index contributed by atoms with van der Waals surface area (Å²) in [5.74, 6) is -0.867. The number of nitrogens with one attached hydrogen (secondary N) is 1. The highest BCUT2D eigenvalue weighted by Crippen LogP contribution is 2.39. The first kappa shape index (κ1) is 38.7. The molecule has 51 heavy (non-hydrogen) atoms. The van der Waals surface area contributed by atoms with Crippen molar-refractivity contribution in [2.45, 2.75) is 84.0 Å². The van der Waals surface area contributed by atoms with Gasteiger partial charge in [0.2, 0.25) is 17.7 Å². The van der Waals surface area contributed by atoms with E-state index in [-0.39, 0.29) is 36.4 Å². The van der Waals surface area contributed by atoms with Crippen molar-refractivity contribution in [3.63, 3.8) is 0 Å². The number of carbonyl (C=O) groups excluding carboxylic acids is 2. The number of benzene rings is 2. The Bertz CT molecular complexity index is 1750. The first-order valence-electron chi connectivity index (χ1n) is 15.7. The Balaban J connectivity index is 1.54. The summed E-state index contributed by atoms with van der Waals surface area (Å²) in [6, 6.07) is 6.73. The van der Waals surface area contributed by atoms with Crippen LogP contribution in [-0.2, 0) is 21.8 Å². The standard InChI is InChI=1S/C34H37F6N5O6/c1-31(2,3)49-29(46)42-28(43-30(47)50-32(4,5)6)45-17-7-10-24(45)27-41-26(44-51-27)21-13-16-25(23(19-21)34(38,39)40)48-18-8-9-20-11-14-22(15-12-20)33(35,36)37/h8-9,11-16,19,24H,7,10,17-18H2,1-6H3,(H,42,43,46,47)/b9-8+/t24-/m0/s1. The molecule has 1 aromatic heterocycles. The van der Waals surface area contributed by atoms with Gasteiger partial charge < -0.3 is 23.6 Å². The van der Waals surface area contributed by atoms with Gasteiger partial charge in [-0.1, -0.05) is 23.4 Å². The number of halogens is 6. The molecule has 2 amide bonds. The lowest BCUT2D eigenvalue weighted by Crippen LogP contribution is -2.46. The Labute approximate surface area is 289 Å². The van der Waals surface area contributed by atoms with E-state index < -0.39 is 58.7 Å². The third-order valence-electron chi connectivity index (χ3n) is 6.88. The van der Waals surface area contributed by atoms with Crippen molar-refractivity contribution in [2.24, 2.45) is 4.99 Å². The minimum absolute atomic E-state index is 0.00679. The van der Waals surface area contributed by atoms with Crippen molar-refractivity contribution in [1.29, 1.82) is 0 Å². The molecule has 1 N–H and O–H groups in total. The lowest BCUT2D eigenvalue weighted by atomic mass is 10.1. The average Bonchev–Trinajstić information content (AvgIpc) is 3.67. The molecule has 0 spiro atoms. The molecule has 4 rings (SSSR count). The highest BCUT2D eigenvalue weighted by Gasteiger charge is 2.37. The number of likely N-dealkylation sites (tertiary alicyclic amines) is 1. The van der Waals surface area contributed by atoms with Gasteiger partial charge in [0.25, 0.3) is 0 Å². The van der Waals surface area contributed by atoms with Gasteiger partial charge in [0, 0.05) is 12.1 Å². The number of amides is 2. The molecule has 2 aromatic carbocycles. The average molecular weight is 726 g/mol. The number of rotatable bonds is 6. The van der Waals surface area contributed by atoms with Gasteiger partial charge in [0.15, 0.2) is 0 Å². The Kier molecular flexibility index (Phi) is 11.4. The number of aromatic nitrogens is 2. The molecule has 2 heterocycles. The van der Waals surface area contributed by atoms with Crippen LogP contribution in [0.25, 0.3) is 17.5 Å². The summed E-state index contributed by atoms with van der Waals surface area (Å²) in [7, 11) is 0. The van der Waals surface area contributed by atoms with Gasteiger partial charge in [-0.15, -0.1) is 4.99 Å². The molecule has 3 aromatic rings. The molecule has 0 radical (unpaired) electrons.